The topological polar surface area (TPSA) is 75.6 Å². The number of ketones is 1. The highest BCUT2D eigenvalue weighted by molar-refractivity contribution is 6.22. The number of aliphatic hydroxyl groups is 1. The van der Waals surface area contributed by atoms with Gasteiger partial charge in [0.05, 0.1) is 5.57 Å². The lowest BCUT2D eigenvalue weighted by molar-refractivity contribution is -0.130. The van der Waals surface area contributed by atoms with Gasteiger partial charge in [-0.05, 0) is 80.1 Å². The fourth-order valence-electron chi connectivity index (χ4n) is 10.4. The number of rotatable bonds is 0. The summed E-state index contributed by atoms with van der Waals surface area (Å²) in [6.07, 6.45) is 6.20. The van der Waals surface area contributed by atoms with E-state index >= 15 is 0 Å². The summed E-state index contributed by atoms with van der Waals surface area (Å²) >= 11 is 0. The number of carbonyl (C=O) groups is 2. The summed E-state index contributed by atoms with van der Waals surface area (Å²) in [5.41, 5.74) is 3.01. The number of hydrogen-bond donors (Lipinski definition) is 2. The predicted octanol–water partition coefficient (Wildman–Crippen LogP) is 5.40. The van der Waals surface area contributed by atoms with E-state index in [1.54, 1.807) is 0 Å². The van der Waals surface area contributed by atoms with Gasteiger partial charge in [-0.2, -0.15) is 0 Å². The molecular weight excluding hydrogens is 486 g/mol. The third-order valence-corrected chi connectivity index (χ3v) is 11.6. The first-order valence-corrected chi connectivity index (χ1v) is 14.9. The maximum absolute atomic E-state index is 14.8. The van der Waals surface area contributed by atoms with E-state index in [1.807, 2.05) is 24.3 Å². The molecule has 206 valence electrons. The number of nitrogens with one attached hydrogen (secondary N) is 1. The van der Waals surface area contributed by atoms with Crippen LogP contribution in [0, 0.1) is 52.8 Å². The molecule has 1 aromatic rings. The molecule has 3 aliphatic heterocycles. The van der Waals surface area contributed by atoms with Gasteiger partial charge in [0.2, 0.25) is 0 Å². The minimum Gasteiger partial charge on any atom is -0.490 e. The van der Waals surface area contributed by atoms with E-state index < -0.39 is 23.0 Å². The van der Waals surface area contributed by atoms with Gasteiger partial charge in [0, 0.05) is 29.6 Å². The Hall–Kier alpha value is -2.66. The Morgan fingerprint density at radius 2 is 1.72 bits per heavy atom. The van der Waals surface area contributed by atoms with Crippen LogP contribution >= 0.6 is 0 Å². The van der Waals surface area contributed by atoms with E-state index in [0.29, 0.717) is 23.7 Å². The molecule has 5 nitrogen and oxygen atoms in total. The maximum Gasteiger partial charge on any atom is 0.257 e. The van der Waals surface area contributed by atoms with Crippen molar-refractivity contribution in [3.63, 3.8) is 0 Å². The largest absolute Gasteiger partial charge is 0.490 e. The number of allylic oxidation sites excluding steroid dienone is 4. The van der Waals surface area contributed by atoms with Crippen molar-refractivity contribution < 1.29 is 19.4 Å². The summed E-state index contributed by atoms with van der Waals surface area (Å²) in [6, 6.07) is 7.92. The van der Waals surface area contributed by atoms with Crippen LogP contribution in [0.15, 0.2) is 58.7 Å². The Labute approximate surface area is 231 Å². The number of hydrogen-bond acceptors (Lipinski definition) is 4. The fraction of sp³-hybridized carbons (Fsp3) is 0.588. The Kier molecular flexibility index (Phi) is 5.32. The van der Waals surface area contributed by atoms with Crippen LogP contribution in [0.2, 0.25) is 0 Å². The van der Waals surface area contributed by atoms with Crippen LogP contribution in [-0.2, 0) is 16.0 Å². The minimum absolute atomic E-state index is 0.0498. The Morgan fingerprint density at radius 1 is 1.00 bits per heavy atom. The van der Waals surface area contributed by atoms with E-state index in [4.69, 9.17) is 4.74 Å². The number of Topliss-reactive ketones (excluding diaryl/α,β-unsaturated/α-hetero) is 1. The van der Waals surface area contributed by atoms with Crippen molar-refractivity contribution >= 4 is 11.7 Å². The summed E-state index contributed by atoms with van der Waals surface area (Å²) in [5.74, 6) is 2.13. The third kappa shape index (κ3) is 3.41. The normalized spacial score (nSPS) is 46.2. The lowest BCUT2D eigenvalue weighted by Crippen LogP contribution is -2.50. The Morgan fingerprint density at radius 3 is 2.44 bits per heavy atom. The summed E-state index contributed by atoms with van der Waals surface area (Å²) in [7, 11) is 0. The van der Waals surface area contributed by atoms with Crippen LogP contribution in [-0.4, -0.2) is 28.6 Å². The Bertz CT molecular complexity index is 1370. The average molecular weight is 528 g/mol. The molecule has 3 heterocycles. The van der Waals surface area contributed by atoms with E-state index in [0.717, 1.165) is 17.7 Å². The van der Waals surface area contributed by atoms with Crippen molar-refractivity contribution in [2.24, 2.45) is 52.8 Å². The average Bonchev–Trinajstić information content (AvgIpc) is 3.41. The second-order valence-corrected chi connectivity index (χ2v) is 14.1. The molecule has 7 aliphatic rings. The lowest BCUT2D eigenvalue weighted by Gasteiger charge is -2.49. The second-order valence-electron chi connectivity index (χ2n) is 14.1. The van der Waals surface area contributed by atoms with Gasteiger partial charge < -0.3 is 15.2 Å². The third-order valence-electron chi connectivity index (χ3n) is 11.6. The predicted molar refractivity (Wildman–Crippen MR) is 149 cm³/mol. The standard InChI is InChI=1S/C34H41NO4/c1-16-11-17(2)25-23(12-16)26-20(5)28-19(4)18(3)13-33(28,6)29-27(26)31(25)39-22-9-7-21(8-10-22)14-34(38)15-24(30(29)36)32(37)35-34/h7-10,13,15-17,19,23,25-27,29,31,38H,11-12,14H2,1-6H3,(H,35,37)/t16-,17+,19-,23-,25-,26-,27+,29-,31-,33-,34-/m1/s1. The molecule has 4 bridgehead atoms. The molecular formula is C34H41NO4. The highest BCUT2D eigenvalue weighted by Crippen LogP contribution is 2.67. The second kappa shape index (κ2) is 8.19. The molecule has 0 unspecified atom stereocenters. The highest BCUT2D eigenvalue weighted by atomic mass is 16.5. The van der Waals surface area contributed by atoms with E-state index in [2.05, 4.69) is 52.9 Å². The molecule has 1 amide bonds. The van der Waals surface area contributed by atoms with Crippen LogP contribution in [0.1, 0.15) is 59.9 Å². The van der Waals surface area contributed by atoms with Crippen LogP contribution in [0.25, 0.3) is 0 Å². The first kappa shape index (κ1) is 25.3. The minimum atomic E-state index is -1.58. The van der Waals surface area contributed by atoms with Gasteiger partial charge in [0.1, 0.15) is 11.9 Å². The number of amides is 1. The molecule has 2 fully saturated rings. The van der Waals surface area contributed by atoms with Crippen molar-refractivity contribution in [3.05, 3.63) is 64.3 Å². The molecule has 39 heavy (non-hydrogen) atoms. The molecule has 4 aliphatic carbocycles. The zero-order valence-corrected chi connectivity index (χ0v) is 24.0. The van der Waals surface area contributed by atoms with Gasteiger partial charge in [-0.15, -0.1) is 0 Å². The number of carbonyl (C=O) groups excluding carboxylic acids is 2. The fourth-order valence-corrected chi connectivity index (χ4v) is 10.4. The first-order chi connectivity index (χ1) is 18.4. The molecule has 2 N–H and O–H groups in total. The van der Waals surface area contributed by atoms with Gasteiger partial charge >= 0.3 is 0 Å². The quantitative estimate of drug-likeness (QED) is 0.350. The number of ether oxygens (including phenoxy) is 1. The van der Waals surface area contributed by atoms with Gasteiger partial charge in [-0.3, -0.25) is 9.59 Å². The molecule has 5 heteroatoms. The highest BCUT2D eigenvalue weighted by Gasteiger charge is 2.66. The zero-order valence-electron chi connectivity index (χ0n) is 24.0. The smallest absolute Gasteiger partial charge is 0.257 e. The SMILES string of the molecule is CC1=C[C@]2(C)C(=C(C)[C@@H]3[C@@H]4C[C@H](C)C[C@H](C)[C@H]4[C@H]4Oc5ccc(cc5)C[C@@]5(O)C=C(C(=O)N5)C(=O)[C@H]2[C@@H]43)[C@@H]1C. The maximum atomic E-state index is 14.8. The van der Waals surface area contributed by atoms with Crippen LogP contribution in [0.5, 0.6) is 5.75 Å². The van der Waals surface area contributed by atoms with E-state index in [-0.39, 0.29) is 41.6 Å². The lowest BCUT2D eigenvalue weighted by atomic mass is 9.54. The summed E-state index contributed by atoms with van der Waals surface area (Å²) in [6.45, 7) is 13.7. The number of benzene rings is 1. The molecule has 2 saturated carbocycles. The van der Waals surface area contributed by atoms with Gasteiger partial charge in [-0.25, -0.2) is 0 Å². The zero-order chi connectivity index (χ0) is 27.6. The van der Waals surface area contributed by atoms with E-state index in [9.17, 15) is 14.7 Å². The summed E-state index contributed by atoms with van der Waals surface area (Å²) in [5, 5.41) is 14.1. The van der Waals surface area contributed by atoms with Crippen molar-refractivity contribution in [1.82, 2.24) is 5.32 Å². The van der Waals surface area contributed by atoms with Crippen molar-refractivity contribution in [2.75, 3.05) is 0 Å². The molecule has 11 atom stereocenters. The van der Waals surface area contributed by atoms with Crippen molar-refractivity contribution in [3.8, 4) is 5.75 Å². The van der Waals surface area contributed by atoms with Gasteiger partial charge in [0.15, 0.2) is 11.5 Å². The van der Waals surface area contributed by atoms with Crippen molar-refractivity contribution in [2.45, 2.75) is 72.6 Å². The Balaban J connectivity index is 1.50. The molecule has 0 spiro atoms. The first-order valence-electron chi connectivity index (χ1n) is 14.9. The van der Waals surface area contributed by atoms with Crippen LogP contribution in [0.4, 0.5) is 0 Å². The summed E-state index contributed by atoms with van der Waals surface area (Å²) < 4.78 is 7.01. The van der Waals surface area contributed by atoms with E-state index in [1.165, 1.54) is 29.2 Å². The molecule has 0 radical (unpaired) electrons. The monoisotopic (exact) mass is 527 g/mol. The molecule has 1 aromatic carbocycles. The summed E-state index contributed by atoms with van der Waals surface area (Å²) in [4.78, 5) is 28.2. The van der Waals surface area contributed by atoms with Crippen LogP contribution < -0.4 is 10.1 Å². The molecule has 8 rings (SSSR count). The van der Waals surface area contributed by atoms with Gasteiger partial charge in [0.25, 0.3) is 5.91 Å². The molecule has 0 saturated heterocycles. The van der Waals surface area contributed by atoms with Gasteiger partial charge in [-0.1, -0.05) is 62.6 Å². The number of fused-ring (bicyclic) bond motifs is 5. The van der Waals surface area contributed by atoms with Crippen molar-refractivity contribution in [1.29, 1.82) is 0 Å². The van der Waals surface area contributed by atoms with Crippen LogP contribution in [0.3, 0.4) is 0 Å². The molecule has 0 aromatic heterocycles.